The maximum absolute atomic E-state index is 12.4. The van der Waals surface area contributed by atoms with Crippen molar-refractivity contribution < 1.29 is 4.79 Å². The van der Waals surface area contributed by atoms with Gasteiger partial charge in [-0.1, -0.05) is 32.0 Å². The Balaban J connectivity index is 1.95. The molecule has 1 aromatic rings. The van der Waals surface area contributed by atoms with E-state index in [0.717, 1.165) is 25.9 Å². The van der Waals surface area contributed by atoms with Gasteiger partial charge in [-0.3, -0.25) is 4.79 Å². The molecule has 0 radical (unpaired) electrons. The van der Waals surface area contributed by atoms with Gasteiger partial charge in [0.1, 0.15) is 0 Å². The maximum Gasteiger partial charge on any atom is 0.227 e. The monoisotopic (exact) mass is 260 g/mol. The highest BCUT2D eigenvalue weighted by molar-refractivity contribution is 5.80. The molecule has 0 aliphatic carbocycles. The van der Waals surface area contributed by atoms with Gasteiger partial charge in [0.15, 0.2) is 0 Å². The van der Waals surface area contributed by atoms with Crippen LogP contribution in [-0.4, -0.2) is 30.9 Å². The highest BCUT2D eigenvalue weighted by Crippen LogP contribution is 2.25. The SMILES string of the molecule is CC(C)CCN(C)C(=O)C1CNc2ccccc2C1. The molecule has 1 unspecified atom stereocenters. The summed E-state index contributed by atoms with van der Waals surface area (Å²) in [6.45, 7) is 5.99. The number of carbonyl (C=O) groups is 1. The summed E-state index contributed by atoms with van der Waals surface area (Å²) in [6.07, 6.45) is 1.92. The van der Waals surface area contributed by atoms with Crippen molar-refractivity contribution in [2.75, 3.05) is 25.5 Å². The van der Waals surface area contributed by atoms with Crippen molar-refractivity contribution >= 4 is 11.6 Å². The molecule has 1 aliphatic heterocycles. The van der Waals surface area contributed by atoms with Gasteiger partial charge in [0.05, 0.1) is 5.92 Å². The van der Waals surface area contributed by atoms with Crippen LogP contribution in [-0.2, 0) is 11.2 Å². The van der Waals surface area contributed by atoms with Gasteiger partial charge in [0.2, 0.25) is 5.91 Å². The van der Waals surface area contributed by atoms with Gasteiger partial charge in [-0.05, 0) is 30.4 Å². The molecule has 1 aliphatic rings. The van der Waals surface area contributed by atoms with E-state index in [9.17, 15) is 4.79 Å². The van der Waals surface area contributed by atoms with E-state index in [2.05, 4.69) is 31.3 Å². The number of hydrogen-bond acceptors (Lipinski definition) is 2. The lowest BCUT2D eigenvalue weighted by Gasteiger charge is -2.29. The molecule has 0 spiro atoms. The Bertz CT molecular complexity index is 442. The molecule has 3 nitrogen and oxygen atoms in total. The zero-order valence-electron chi connectivity index (χ0n) is 12.1. The van der Waals surface area contributed by atoms with Crippen LogP contribution in [0.2, 0.25) is 0 Å². The molecule has 1 atom stereocenters. The third-order valence-electron chi connectivity index (χ3n) is 3.79. The molecule has 0 aromatic heterocycles. The van der Waals surface area contributed by atoms with Crippen molar-refractivity contribution in [2.45, 2.75) is 26.7 Å². The number of nitrogens with zero attached hydrogens (tertiary/aromatic N) is 1. The molecular weight excluding hydrogens is 236 g/mol. The average molecular weight is 260 g/mol. The minimum Gasteiger partial charge on any atom is -0.384 e. The Morgan fingerprint density at radius 1 is 1.42 bits per heavy atom. The molecule has 0 saturated carbocycles. The van der Waals surface area contributed by atoms with Gasteiger partial charge in [-0.25, -0.2) is 0 Å². The summed E-state index contributed by atoms with van der Waals surface area (Å²) in [5.41, 5.74) is 2.43. The van der Waals surface area contributed by atoms with Crippen LogP contribution >= 0.6 is 0 Å². The minimum absolute atomic E-state index is 0.0760. The molecule has 1 heterocycles. The zero-order chi connectivity index (χ0) is 13.8. The van der Waals surface area contributed by atoms with Crippen LogP contribution in [0.25, 0.3) is 0 Å². The van der Waals surface area contributed by atoms with Crippen molar-refractivity contribution in [3.05, 3.63) is 29.8 Å². The molecule has 1 aromatic carbocycles. The van der Waals surface area contributed by atoms with Crippen molar-refractivity contribution in [3.8, 4) is 0 Å². The number of anilines is 1. The minimum atomic E-state index is 0.0760. The van der Waals surface area contributed by atoms with Crippen molar-refractivity contribution in [1.82, 2.24) is 4.90 Å². The third-order valence-corrected chi connectivity index (χ3v) is 3.79. The van der Waals surface area contributed by atoms with Crippen LogP contribution in [0.3, 0.4) is 0 Å². The molecule has 1 amide bonds. The lowest BCUT2D eigenvalue weighted by Crippen LogP contribution is -2.40. The van der Waals surface area contributed by atoms with Gasteiger partial charge in [0, 0.05) is 25.8 Å². The van der Waals surface area contributed by atoms with Crippen LogP contribution < -0.4 is 5.32 Å². The molecule has 0 saturated heterocycles. The van der Waals surface area contributed by atoms with E-state index in [1.54, 1.807) is 0 Å². The first-order valence-corrected chi connectivity index (χ1v) is 7.14. The Labute approximate surface area is 116 Å². The van der Waals surface area contributed by atoms with Crippen LogP contribution in [0.1, 0.15) is 25.8 Å². The fraction of sp³-hybridized carbons (Fsp3) is 0.562. The Kier molecular flexibility index (Phi) is 4.46. The van der Waals surface area contributed by atoms with E-state index in [1.807, 2.05) is 24.1 Å². The quantitative estimate of drug-likeness (QED) is 0.903. The fourth-order valence-corrected chi connectivity index (χ4v) is 2.49. The normalized spacial score (nSPS) is 17.8. The molecule has 2 rings (SSSR count). The predicted molar refractivity (Wildman–Crippen MR) is 79.2 cm³/mol. The number of hydrogen-bond donors (Lipinski definition) is 1. The number of carbonyl (C=O) groups excluding carboxylic acids is 1. The molecule has 104 valence electrons. The third kappa shape index (κ3) is 3.49. The number of rotatable bonds is 4. The smallest absolute Gasteiger partial charge is 0.227 e. The highest BCUT2D eigenvalue weighted by Gasteiger charge is 2.26. The van der Waals surface area contributed by atoms with Gasteiger partial charge in [-0.2, -0.15) is 0 Å². The van der Waals surface area contributed by atoms with E-state index in [0.29, 0.717) is 5.92 Å². The average Bonchev–Trinajstić information content (AvgIpc) is 2.43. The molecule has 3 heteroatoms. The summed E-state index contributed by atoms with van der Waals surface area (Å²) in [5.74, 6) is 0.982. The number of para-hydroxylation sites is 1. The molecular formula is C16H24N2O. The number of amides is 1. The predicted octanol–water partition coefficient (Wildman–Crippen LogP) is 2.78. The van der Waals surface area contributed by atoms with Gasteiger partial charge in [-0.15, -0.1) is 0 Å². The Morgan fingerprint density at radius 3 is 2.89 bits per heavy atom. The fourth-order valence-electron chi connectivity index (χ4n) is 2.49. The number of nitrogens with one attached hydrogen (secondary N) is 1. The molecule has 0 fully saturated rings. The summed E-state index contributed by atoms with van der Waals surface area (Å²) < 4.78 is 0. The first-order valence-electron chi connectivity index (χ1n) is 7.14. The summed E-state index contributed by atoms with van der Waals surface area (Å²) >= 11 is 0. The van der Waals surface area contributed by atoms with Crippen molar-refractivity contribution in [3.63, 3.8) is 0 Å². The second-order valence-electron chi connectivity index (χ2n) is 5.88. The van der Waals surface area contributed by atoms with E-state index < -0.39 is 0 Å². The largest absolute Gasteiger partial charge is 0.384 e. The highest BCUT2D eigenvalue weighted by atomic mass is 16.2. The Morgan fingerprint density at radius 2 is 2.16 bits per heavy atom. The topological polar surface area (TPSA) is 32.3 Å². The van der Waals surface area contributed by atoms with Gasteiger partial charge in [0.25, 0.3) is 0 Å². The van der Waals surface area contributed by atoms with Crippen LogP contribution in [0, 0.1) is 11.8 Å². The Hall–Kier alpha value is -1.51. The molecule has 1 N–H and O–H groups in total. The van der Waals surface area contributed by atoms with Crippen LogP contribution in [0.5, 0.6) is 0 Å². The second-order valence-corrected chi connectivity index (χ2v) is 5.88. The summed E-state index contributed by atoms with van der Waals surface area (Å²) in [5, 5.41) is 3.37. The first-order chi connectivity index (χ1) is 9.08. The lowest BCUT2D eigenvalue weighted by molar-refractivity contribution is -0.133. The maximum atomic E-state index is 12.4. The van der Waals surface area contributed by atoms with E-state index in [1.165, 1.54) is 11.3 Å². The van der Waals surface area contributed by atoms with E-state index >= 15 is 0 Å². The van der Waals surface area contributed by atoms with E-state index in [-0.39, 0.29) is 11.8 Å². The summed E-state index contributed by atoms with van der Waals surface area (Å²) in [6, 6.07) is 8.26. The standard InChI is InChI=1S/C16H24N2O/c1-12(2)8-9-18(3)16(19)14-10-13-6-4-5-7-15(13)17-11-14/h4-7,12,14,17H,8-11H2,1-3H3. The van der Waals surface area contributed by atoms with Crippen LogP contribution in [0.15, 0.2) is 24.3 Å². The summed E-state index contributed by atoms with van der Waals surface area (Å²) in [4.78, 5) is 14.3. The van der Waals surface area contributed by atoms with Crippen molar-refractivity contribution in [1.29, 1.82) is 0 Å². The van der Waals surface area contributed by atoms with E-state index in [4.69, 9.17) is 0 Å². The lowest BCUT2D eigenvalue weighted by atomic mass is 9.93. The van der Waals surface area contributed by atoms with Crippen molar-refractivity contribution in [2.24, 2.45) is 11.8 Å². The van der Waals surface area contributed by atoms with Gasteiger partial charge < -0.3 is 10.2 Å². The number of fused-ring (bicyclic) bond motifs is 1. The number of benzene rings is 1. The zero-order valence-corrected chi connectivity index (χ0v) is 12.1. The van der Waals surface area contributed by atoms with Gasteiger partial charge >= 0.3 is 0 Å². The summed E-state index contributed by atoms with van der Waals surface area (Å²) in [7, 11) is 1.92. The first kappa shape index (κ1) is 13.9. The molecule has 19 heavy (non-hydrogen) atoms. The van der Waals surface area contributed by atoms with Crippen LogP contribution in [0.4, 0.5) is 5.69 Å². The molecule has 0 bridgehead atoms. The second kappa shape index (κ2) is 6.09.